The zero-order chi connectivity index (χ0) is 19.4. The van der Waals surface area contributed by atoms with E-state index < -0.39 is 11.7 Å². The van der Waals surface area contributed by atoms with E-state index in [9.17, 15) is 13.2 Å². The van der Waals surface area contributed by atoms with Crippen molar-refractivity contribution in [3.63, 3.8) is 0 Å². The lowest BCUT2D eigenvalue weighted by molar-refractivity contribution is -0.137. The Morgan fingerprint density at radius 1 is 0.926 bits per heavy atom. The van der Waals surface area contributed by atoms with Gasteiger partial charge in [-0.3, -0.25) is 0 Å². The first-order valence-electron chi connectivity index (χ1n) is 8.72. The fraction of sp³-hybridized carbons (Fsp3) is 0.350. The Kier molecular flexibility index (Phi) is 6.33. The lowest BCUT2D eigenvalue weighted by atomic mass is 9.82. The molecule has 0 atom stereocenters. The summed E-state index contributed by atoms with van der Waals surface area (Å²) in [6.07, 6.45) is 0.0114. The molecule has 0 heterocycles. The molecule has 1 aliphatic rings. The van der Waals surface area contributed by atoms with Gasteiger partial charge in [0.1, 0.15) is 0 Å². The SMILES string of the molecule is FC(F)(F)c1ccc(Cl)cc1/C(=N/Oc1ccc(Cl)cc1)C1CCCCC1. The number of nitrogens with zero attached hydrogens (tertiary/aromatic N) is 1. The van der Waals surface area contributed by atoms with Crippen molar-refractivity contribution in [2.45, 2.75) is 38.3 Å². The van der Waals surface area contributed by atoms with Crippen LogP contribution in [-0.2, 0) is 6.18 Å². The quantitative estimate of drug-likeness (QED) is 0.377. The van der Waals surface area contributed by atoms with Gasteiger partial charge < -0.3 is 4.84 Å². The zero-order valence-electron chi connectivity index (χ0n) is 14.4. The predicted molar refractivity (Wildman–Crippen MR) is 102 cm³/mol. The molecule has 3 rings (SSSR count). The minimum absolute atomic E-state index is 0.0177. The standard InChI is InChI=1S/C20H18Cl2F3NO/c21-14-6-9-16(10-7-14)27-26-19(13-4-2-1-3-5-13)17-12-15(22)8-11-18(17)20(23,24)25/h6-13H,1-5H2/b26-19+. The molecule has 144 valence electrons. The van der Waals surface area contributed by atoms with Gasteiger partial charge in [0.25, 0.3) is 0 Å². The van der Waals surface area contributed by atoms with E-state index >= 15 is 0 Å². The van der Waals surface area contributed by atoms with E-state index in [2.05, 4.69) is 5.16 Å². The summed E-state index contributed by atoms with van der Waals surface area (Å²) in [6, 6.07) is 10.1. The number of hydrogen-bond acceptors (Lipinski definition) is 2. The van der Waals surface area contributed by atoms with Crippen LogP contribution in [-0.4, -0.2) is 5.71 Å². The first kappa shape index (κ1) is 20.0. The first-order chi connectivity index (χ1) is 12.8. The van der Waals surface area contributed by atoms with Crippen LogP contribution in [0.3, 0.4) is 0 Å². The lowest BCUT2D eigenvalue weighted by Gasteiger charge is -2.25. The molecule has 1 fully saturated rings. The van der Waals surface area contributed by atoms with Crippen LogP contribution in [0, 0.1) is 5.92 Å². The van der Waals surface area contributed by atoms with Gasteiger partial charge in [0.05, 0.1) is 11.3 Å². The third kappa shape index (κ3) is 5.17. The highest BCUT2D eigenvalue weighted by molar-refractivity contribution is 6.31. The van der Waals surface area contributed by atoms with Crippen molar-refractivity contribution in [1.29, 1.82) is 0 Å². The molecule has 0 radical (unpaired) electrons. The summed E-state index contributed by atoms with van der Waals surface area (Å²) < 4.78 is 40.7. The number of alkyl halides is 3. The number of rotatable bonds is 4. The van der Waals surface area contributed by atoms with E-state index in [4.69, 9.17) is 28.0 Å². The van der Waals surface area contributed by atoms with Crippen molar-refractivity contribution in [3.8, 4) is 5.75 Å². The average Bonchev–Trinajstić information content (AvgIpc) is 2.63. The molecule has 0 bridgehead atoms. The normalized spacial score (nSPS) is 16.4. The second-order valence-corrected chi connectivity index (χ2v) is 7.42. The van der Waals surface area contributed by atoms with E-state index in [0.717, 1.165) is 38.2 Å². The molecular weight excluding hydrogens is 398 g/mol. The highest BCUT2D eigenvalue weighted by Gasteiger charge is 2.36. The van der Waals surface area contributed by atoms with E-state index in [1.54, 1.807) is 24.3 Å². The number of halogens is 5. The van der Waals surface area contributed by atoms with E-state index in [-0.39, 0.29) is 16.5 Å². The van der Waals surface area contributed by atoms with Gasteiger partial charge >= 0.3 is 6.18 Å². The van der Waals surface area contributed by atoms with Crippen molar-refractivity contribution in [2.75, 3.05) is 0 Å². The molecule has 0 N–H and O–H groups in total. The Bertz CT molecular complexity index is 813. The van der Waals surface area contributed by atoms with Crippen LogP contribution in [0.15, 0.2) is 47.6 Å². The zero-order valence-corrected chi connectivity index (χ0v) is 15.9. The van der Waals surface area contributed by atoms with Gasteiger partial charge in [0.15, 0.2) is 5.75 Å². The third-order valence-electron chi connectivity index (χ3n) is 4.62. The Balaban J connectivity index is 2.03. The molecule has 0 saturated heterocycles. The molecule has 0 aromatic heterocycles. The molecule has 1 aliphatic carbocycles. The maximum Gasteiger partial charge on any atom is 0.417 e. The smallest absolute Gasteiger partial charge is 0.357 e. The van der Waals surface area contributed by atoms with Gasteiger partial charge in [-0.15, -0.1) is 0 Å². The summed E-state index contributed by atoms with van der Waals surface area (Å²) in [5.41, 5.74) is -0.480. The Morgan fingerprint density at radius 3 is 2.19 bits per heavy atom. The number of hydrogen-bond donors (Lipinski definition) is 0. The maximum absolute atomic E-state index is 13.6. The molecule has 0 spiro atoms. The molecule has 0 unspecified atom stereocenters. The van der Waals surface area contributed by atoms with E-state index in [0.29, 0.717) is 16.5 Å². The maximum atomic E-state index is 13.6. The number of oxime groups is 1. The van der Waals surface area contributed by atoms with Crippen LogP contribution in [0.4, 0.5) is 13.2 Å². The largest absolute Gasteiger partial charge is 0.417 e. The Labute approximate surface area is 165 Å². The minimum Gasteiger partial charge on any atom is -0.357 e. The van der Waals surface area contributed by atoms with Crippen LogP contribution >= 0.6 is 23.2 Å². The average molecular weight is 416 g/mol. The Morgan fingerprint density at radius 2 is 1.56 bits per heavy atom. The molecule has 1 saturated carbocycles. The van der Waals surface area contributed by atoms with E-state index in [1.807, 2.05) is 0 Å². The molecule has 7 heteroatoms. The van der Waals surface area contributed by atoms with Crippen molar-refractivity contribution in [2.24, 2.45) is 11.1 Å². The summed E-state index contributed by atoms with van der Waals surface area (Å²) in [4.78, 5) is 5.46. The summed E-state index contributed by atoms with van der Waals surface area (Å²) >= 11 is 11.9. The lowest BCUT2D eigenvalue weighted by Crippen LogP contribution is -2.23. The molecular formula is C20H18Cl2F3NO. The first-order valence-corrected chi connectivity index (χ1v) is 9.48. The van der Waals surface area contributed by atoms with Crippen LogP contribution in [0.1, 0.15) is 43.2 Å². The second-order valence-electron chi connectivity index (χ2n) is 6.54. The monoisotopic (exact) mass is 415 g/mol. The van der Waals surface area contributed by atoms with Gasteiger partial charge in [-0.1, -0.05) is 47.6 Å². The van der Waals surface area contributed by atoms with Crippen molar-refractivity contribution < 1.29 is 18.0 Å². The minimum atomic E-state index is -4.50. The van der Waals surface area contributed by atoms with Gasteiger partial charge in [-0.25, -0.2) is 0 Å². The van der Waals surface area contributed by atoms with Crippen molar-refractivity contribution >= 4 is 28.9 Å². The predicted octanol–water partition coefficient (Wildman–Crippen LogP) is 7.38. The summed E-state index contributed by atoms with van der Waals surface area (Å²) in [6.45, 7) is 0. The fourth-order valence-corrected chi connectivity index (χ4v) is 3.59. The van der Waals surface area contributed by atoms with Gasteiger partial charge in [-0.2, -0.15) is 13.2 Å². The topological polar surface area (TPSA) is 21.6 Å². The van der Waals surface area contributed by atoms with Crippen LogP contribution < -0.4 is 4.84 Å². The van der Waals surface area contributed by atoms with Gasteiger partial charge in [0.2, 0.25) is 0 Å². The van der Waals surface area contributed by atoms with Gasteiger partial charge in [-0.05, 0) is 55.3 Å². The second kappa shape index (κ2) is 8.53. The van der Waals surface area contributed by atoms with Crippen molar-refractivity contribution in [1.82, 2.24) is 0 Å². The molecule has 2 aromatic rings. The summed E-state index contributed by atoms with van der Waals surface area (Å²) in [5, 5.41) is 4.91. The fourth-order valence-electron chi connectivity index (χ4n) is 3.29. The highest BCUT2D eigenvalue weighted by atomic mass is 35.5. The van der Waals surface area contributed by atoms with Crippen LogP contribution in [0.25, 0.3) is 0 Å². The Hall–Kier alpha value is -1.72. The van der Waals surface area contributed by atoms with Crippen LogP contribution in [0.5, 0.6) is 5.75 Å². The summed E-state index contributed by atoms with van der Waals surface area (Å²) in [5.74, 6) is 0.300. The summed E-state index contributed by atoms with van der Waals surface area (Å²) in [7, 11) is 0. The molecule has 0 aliphatic heterocycles. The van der Waals surface area contributed by atoms with E-state index in [1.165, 1.54) is 12.1 Å². The third-order valence-corrected chi connectivity index (χ3v) is 5.10. The molecule has 27 heavy (non-hydrogen) atoms. The van der Waals surface area contributed by atoms with Gasteiger partial charge in [0, 0.05) is 21.5 Å². The highest BCUT2D eigenvalue weighted by Crippen LogP contribution is 2.37. The molecule has 0 amide bonds. The van der Waals surface area contributed by atoms with Crippen LogP contribution in [0.2, 0.25) is 10.0 Å². The molecule has 2 aromatic carbocycles. The van der Waals surface area contributed by atoms with Crippen molar-refractivity contribution in [3.05, 3.63) is 63.6 Å². The molecule has 2 nitrogen and oxygen atoms in total. The number of benzene rings is 2.